The third kappa shape index (κ3) is 4.37. The Morgan fingerprint density at radius 1 is 1.24 bits per heavy atom. The molecular weight excluding hydrogens is 370 g/mol. The Morgan fingerprint density at radius 3 is 2.69 bits per heavy atom. The van der Waals surface area contributed by atoms with Crippen molar-refractivity contribution < 1.29 is 14.3 Å². The van der Waals surface area contributed by atoms with Gasteiger partial charge < -0.3 is 15.0 Å². The van der Waals surface area contributed by atoms with Crippen LogP contribution in [0.25, 0.3) is 11.0 Å². The zero-order chi connectivity index (χ0) is 21.0. The van der Waals surface area contributed by atoms with Gasteiger partial charge in [-0.3, -0.25) is 9.59 Å². The molecule has 2 heterocycles. The van der Waals surface area contributed by atoms with Crippen LogP contribution in [0.2, 0.25) is 0 Å². The second-order valence-corrected chi connectivity index (χ2v) is 6.89. The molecule has 0 atom stereocenters. The number of ether oxygens (including phenoxy) is 1. The minimum Gasteiger partial charge on any atom is -0.495 e. The molecule has 2 amide bonds. The molecule has 0 saturated carbocycles. The zero-order valence-corrected chi connectivity index (χ0v) is 17.0. The average molecular weight is 395 g/mol. The summed E-state index contributed by atoms with van der Waals surface area (Å²) in [5.41, 5.74) is 1.72. The van der Waals surface area contributed by atoms with Crippen molar-refractivity contribution in [3.05, 3.63) is 48.3 Å². The Bertz CT molecular complexity index is 1030. The van der Waals surface area contributed by atoms with Crippen molar-refractivity contribution in [1.29, 1.82) is 0 Å². The number of rotatable bonds is 7. The Kier molecular flexibility index (Phi) is 6.11. The third-order valence-electron chi connectivity index (χ3n) is 4.55. The van der Waals surface area contributed by atoms with Crippen LogP contribution >= 0.6 is 0 Å². The van der Waals surface area contributed by atoms with Crippen molar-refractivity contribution >= 4 is 28.5 Å². The first-order valence-electron chi connectivity index (χ1n) is 9.50. The topological polar surface area (TPSA) is 89.3 Å². The number of carbonyl (C=O) groups is 2. The molecule has 8 heteroatoms. The Morgan fingerprint density at radius 2 is 2.00 bits per heavy atom. The maximum atomic E-state index is 12.9. The molecule has 0 radical (unpaired) electrons. The normalized spacial score (nSPS) is 10.9. The number of amides is 2. The summed E-state index contributed by atoms with van der Waals surface area (Å²) in [6.07, 6.45) is 3.23. The SMILES string of the molecule is CCN(CC(=O)Nc1ccccc1OC)C(=O)c1cnc2c(cnn2C(C)C)c1. The quantitative estimate of drug-likeness (QED) is 0.664. The van der Waals surface area contributed by atoms with Crippen LogP contribution in [0.1, 0.15) is 37.2 Å². The number of nitrogens with one attached hydrogen (secondary N) is 1. The van der Waals surface area contributed by atoms with Crippen molar-refractivity contribution in [2.45, 2.75) is 26.8 Å². The van der Waals surface area contributed by atoms with E-state index in [1.54, 1.807) is 30.5 Å². The summed E-state index contributed by atoms with van der Waals surface area (Å²) >= 11 is 0. The highest BCUT2D eigenvalue weighted by molar-refractivity contribution is 6.01. The van der Waals surface area contributed by atoms with Gasteiger partial charge in [-0.05, 0) is 39.0 Å². The van der Waals surface area contributed by atoms with Gasteiger partial charge in [0.25, 0.3) is 5.91 Å². The lowest BCUT2D eigenvalue weighted by atomic mass is 10.2. The third-order valence-corrected chi connectivity index (χ3v) is 4.55. The van der Waals surface area contributed by atoms with E-state index in [-0.39, 0.29) is 24.4 Å². The monoisotopic (exact) mass is 395 g/mol. The predicted octanol–water partition coefficient (Wildman–Crippen LogP) is 3.12. The van der Waals surface area contributed by atoms with Gasteiger partial charge in [0.15, 0.2) is 5.65 Å². The number of para-hydroxylation sites is 2. The molecule has 3 aromatic rings. The number of carbonyl (C=O) groups excluding carboxylic acids is 2. The van der Waals surface area contributed by atoms with Crippen LogP contribution in [0, 0.1) is 0 Å². The van der Waals surface area contributed by atoms with Crippen molar-refractivity contribution in [1.82, 2.24) is 19.7 Å². The molecule has 0 aliphatic carbocycles. The van der Waals surface area contributed by atoms with E-state index < -0.39 is 0 Å². The molecule has 0 aliphatic rings. The maximum Gasteiger partial charge on any atom is 0.255 e. The largest absolute Gasteiger partial charge is 0.495 e. The summed E-state index contributed by atoms with van der Waals surface area (Å²) in [6.45, 7) is 6.19. The number of aromatic nitrogens is 3. The second-order valence-electron chi connectivity index (χ2n) is 6.89. The van der Waals surface area contributed by atoms with Gasteiger partial charge in [0, 0.05) is 24.2 Å². The van der Waals surface area contributed by atoms with Gasteiger partial charge in [-0.1, -0.05) is 12.1 Å². The first kappa shape index (κ1) is 20.3. The molecule has 152 valence electrons. The highest BCUT2D eigenvalue weighted by Gasteiger charge is 2.20. The fraction of sp³-hybridized carbons (Fsp3) is 0.333. The second kappa shape index (κ2) is 8.72. The van der Waals surface area contributed by atoms with Gasteiger partial charge >= 0.3 is 0 Å². The highest BCUT2D eigenvalue weighted by Crippen LogP contribution is 2.23. The molecule has 0 saturated heterocycles. The standard InChI is InChI=1S/C21H25N5O3/c1-5-25(13-19(27)24-17-8-6-7-9-18(17)29-4)21(28)16-10-15-12-23-26(14(2)3)20(15)22-11-16/h6-12,14H,5,13H2,1-4H3,(H,24,27). The fourth-order valence-electron chi connectivity index (χ4n) is 3.06. The summed E-state index contributed by atoms with van der Waals surface area (Å²) < 4.78 is 7.05. The van der Waals surface area contributed by atoms with E-state index in [4.69, 9.17) is 4.74 Å². The molecule has 1 aromatic carbocycles. The van der Waals surface area contributed by atoms with E-state index in [0.717, 1.165) is 11.0 Å². The highest BCUT2D eigenvalue weighted by atomic mass is 16.5. The van der Waals surface area contributed by atoms with E-state index in [9.17, 15) is 9.59 Å². The number of hydrogen-bond donors (Lipinski definition) is 1. The molecule has 0 fully saturated rings. The molecule has 0 unspecified atom stereocenters. The minimum absolute atomic E-state index is 0.0727. The van der Waals surface area contributed by atoms with Crippen molar-refractivity contribution in [2.75, 3.05) is 25.5 Å². The summed E-state index contributed by atoms with van der Waals surface area (Å²) in [5, 5.41) is 7.91. The van der Waals surface area contributed by atoms with Gasteiger partial charge in [0.1, 0.15) is 12.3 Å². The number of pyridine rings is 1. The molecule has 29 heavy (non-hydrogen) atoms. The van der Waals surface area contributed by atoms with Crippen LogP contribution in [0.5, 0.6) is 5.75 Å². The van der Waals surface area contributed by atoms with Crippen molar-refractivity contribution in [3.8, 4) is 5.75 Å². The van der Waals surface area contributed by atoms with Gasteiger partial charge in [-0.25, -0.2) is 9.67 Å². The Balaban J connectivity index is 1.74. The van der Waals surface area contributed by atoms with E-state index in [1.807, 2.05) is 31.5 Å². The molecule has 8 nitrogen and oxygen atoms in total. The van der Waals surface area contributed by atoms with E-state index in [1.165, 1.54) is 18.2 Å². The van der Waals surface area contributed by atoms with Gasteiger partial charge in [0.05, 0.1) is 24.6 Å². The molecule has 0 spiro atoms. The summed E-state index contributed by atoms with van der Waals surface area (Å²) in [4.78, 5) is 31.3. The Labute approximate surface area is 169 Å². The van der Waals surface area contributed by atoms with E-state index in [2.05, 4.69) is 15.4 Å². The number of likely N-dealkylation sites (N-methyl/N-ethyl adjacent to an activating group) is 1. The number of benzene rings is 1. The predicted molar refractivity (Wildman–Crippen MR) is 111 cm³/mol. The first-order chi connectivity index (χ1) is 13.9. The molecule has 0 bridgehead atoms. The lowest BCUT2D eigenvalue weighted by Crippen LogP contribution is -2.38. The van der Waals surface area contributed by atoms with Gasteiger partial charge in [-0.2, -0.15) is 5.10 Å². The lowest BCUT2D eigenvalue weighted by molar-refractivity contribution is -0.116. The Hall–Kier alpha value is -3.42. The van der Waals surface area contributed by atoms with Crippen LogP contribution in [0.4, 0.5) is 5.69 Å². The summed E-state index contributed by atoms with van der Waals surface area (Å²) in [5.74, 6) is 0.00720. The van der Waals surface area contributed by atoms with E-state index >= 15 is 0 Å². The molecule has 2 aromatic heterocycles. The molecule has 1 N–H and O–H groups in total. The first-order valence-corrected chi connectivity index (χ1v) is 9.50. The number of methoxy groups -OCH3 is 1. The van der Waals surface area contributed by atoms with E-state index in [0.29, 0.717) is 23.5 Å². The maximum absolute atomic E-state index is 12.9. The van der Waals surface area contributed by atoms with Gasteiger partial charge in [-0.15, -0.1) is 0 Å². The fourth-order valence-corrected chi connectivity index (χ4v) is 3.06. The number of hydrogen-bond acceptors (Lipinski definition) is 5. The molecule has 3 rings (SSSR count). The van der Waals surface area contributed by atoms with Crippen LogP contribution in [-0.4, -0.2) is 51.7 Å². The van der Waals surface area contributed by atoms with Crippen molar-refractivity contribution in [3.63, 3.8) is 0 Å². The van der Waals surface area contributed by atoms with Gasteiger partial charge in [0.2, 0.25) is 5.91 Å². The summed E-state index contributed by atoms with van der Waals surface area (Å²) in [7, 11) is 1.54. The number of nitrogens with zero attached hydrogens (tertiary/aromatic N) is 4. The van der Waals surface area contributed by atoms with Crippen LogP contribution in [0.15, 0.2) is 42.7 Å². The smallest absolute Gasteiger partial charge is 0.255 e. The van der Waals surface area contributed by atoms with Crippen LogP contribution in [0.3, 0.4) is 0 Å². The molecular formula is C21H25N5O3. The lowest BCUT2D eigenvalue weighted by Gasteiger charge is -2.20. The average Bonchev–Trinajstić information content (AvgIpc) is 3.15. The van der Waals surface area contributed by atoms with Crippen LogP contribution < -0.4 is 10.1 Å². The number of fused-ring (bicyclic) bond motifs is 1. The van der Waals surface area contributed by atoms with Crippen molar-refractivity contribution in [2.24, 2.45) is 0 Å². The zero-order valence-electron chi connectivity index (χ0n) is 17.0. The minimum atomic E-state index is -0.300. The summed E-state index contributed by atoms with van der Waals surface area (Å²) in [6, 6.07) is 9.07. The molecule has 0 aliphatic heterocycles. The number of anilines is 1. The van der Waals surface area contributed by atoms with Crippen LogP contribution in [-0.2, 0) is 4.79 Å².